The molecule has 0 bridgehead atoms. The molecule has 18 heavy (non-hydrogen) atoms. The van der Waals surface area contributed by atoms with E-state index in [-0.39, 0.29) is 31.5 Å². The van der Waals surface area contributed by atoms with E-state index in [1.165, 1.54) is 0 Å². The van der Waals surface area contributed by atoms with Crippen molar-refractivity contribution in [3.63, 3.8) is 0 Å². The number of aryl methyl sites for hydroxylation is 2. The number of carbonyl (C=O) groups excluding carboxylic acids is 2. The Labute approximate surface area is 106 Å². The summed E-state index contributed by atoms with van der Waals surface area (Å²) in [6, 6.07) is 5.38. The molecule has 3 N–H and O–H groups in total. The van der Waals surface area contributed by atoms with E-state index < -0.39 is 0 Å². The molecule has 0 atom stereocenters. The van der Waals surface area contributed by atoms with Gasteiger partial charge in [0.25, 0.3) is 5.91 Å². The van der Waals surface area contributed by atoms with Gasteiger partial charge in [-0.1, -0.05) is 6.07 Å². The zero-order chi connectivity index (χ0) is 13.5. The average molecular weight is 250 g/mol. The lowest BCUT2D eigenvalue weighted by Gasteiger charge is -2.07. The van der Waals surface area contributed by atoms with Crippen LogP contribution in [-0.4, -0.2) is 36.6 Å². The van der Waals surface area contributed by atoms with E-state index >= 15 is 0 Å². The maximum Gasteiger partial charge on any atom is 0.251 e. The maximum absolute atomic E-state index is 11.7. The van der Waals surface area contributed by atoms with Crippen molar-refractivity contribution in [1.29, 1.82) is 0 Å². The Bertz CT molecular complexity index is 444. The van der Waals surface area contributed by atoms with Crippen LogP contribution in [0.4, 0.5) is 0 Å². The largest absolute Gasteiger partial charge is 0.395 e. The summed E-state index contributed by atoms with van der Waals surface area (Å²) in [5.41, 5.74) is 2.69. The molecule has 2 amide bonds. The summed E-state index contributed by atoms with van der Waals surface area (Å²) in [5.74, 6) is -0.599. The first-order chi connectivity index (χ1) is 8.54. The number of aliphatic hydroxyl groups is 1. The van der Waals surface area contributed by atoms with Gasteiger partial charge in [-0.25, -0.2) is 0 Å². The summed E-state index contributed by atoms with van der Waals surface area (Å²) >= 11 is 0. The van der Waals surface area contributed by atoms with Crippen LogP contribution in [0, 0.1) is 13.8 Å². The lowest BCUT2D eigenvalue weighted by molar-refractivity contribution is -0.120. The number of carbonyl (C=O) groups is 2. The van der Waals surface area contributed by atoms with E-state index in [4.69, 9.17) is 5.11 Å². The number of benzene rings is 1. The van der Waals surface area contributed by atoms with Gasteiger partial charge in [0.2, 0.25) is 5.91 Å². The Kier molecular flexibility index (Phi) is 5.32. The minimum Gasteiger partial charge on any atom is -0.395 e. The van der Waals surface area contributed by atoms with Crippen LogP contribution >= 0.6 is 0 Å². The predicted octanol–water partition coefficient (Wildman–Crippen LogP) is 0.142. The smallest absolute Gasteiger partial charge is 0.251 e. The van der Waals surface area contributed by atoms with Crippen molar-refractivity contribution in [3.05, 3.63) is 34.9 Å². The van der Waals surface area contributed by atoms with Crippen LogP contribution < -0.4 is 10.6 Å². The quantitative estimate of drug-likeness (QED) is 0.695. The first-order valence-electron chi connectivity index (χ1n) is 5.77. The first-order valence-corrected chi connectivity index (χ1v) is 5.77. The monoisotopic (exact) mass is 250 g/mol. The van der Waals surface area contributed by atoms with E-state index in [1.807, 2.05) is 19.9 Å². The Morgan fingerprint density at radius 1 is 1.17 bits per heavy atom. The number of aliphatic hydroxyl groups excluding tert-OH is 1. The molecule has 0 unspecified atom stereocenters. The molecule has 5 nitrogen and oxygen atoms in total. The molecule has 0 saturated carbocycles. The third-order valence-corrected chi connectivity index (χ3v) is 2.61. The number of amides is 2. The van der Waals surface area contributed by atoms with E-state index in [0.717, 1.165) is 11.1 Å². The topological polar surface area (TPSA) is 78.4 Å². The molecule has 0 aliphatic rings. The van der Waals surface area contributed by atoms with Crippen LogP contribution in [0.5, 0.6) is 0 Å². The Balaban J connectivity index is 2.50. The van der Waals surface area contributed by atoms with Crippen molar-refractivity contribution in [2.75, 3.05) is 19.7 Å². The van der Waals surface area contributed by atoms with E-state index in [0.29, 0.717) is 5.56 Å². The van der Waals surface area contributed by atoms with Crippen LogP contribution in [0.1, 0.15) is 21.5 Å². The highest BCUT2D eigenvalue weighted by Gasteiger charge is 2.08. The summed E-state index contributed by atoms with van der Waals surface area (Å²) in [7, 11) is 0. The van der Waals surface area contributed by atoms with Gasteiger partial charge in [-0.05, 0) is 37.1 Å². The van der Waals surface area contributed by atoms with Gasteiger partial charge in [0, 0.05) is 12.1 Å². The number of rotatable bonds is 5. The Morgan fingerprint density at radius 2 is 1.89 bits per heavy atom. The fourth-order valence-corrected chi connectivity index (χ4v) is 1.40. The van der Waals surface area contributed by atoms with Crippen LogP contribution in [0.15, 0.2) is 18.2 Å². The molecule has 0 aliphatic carbocycles. The van der Waals surface area contributed by atoms with Crippen LogP contribution in [0.3, 0.4) is 0 Å². The molecule has 0 radical (unpaired) electrons. The number of hydrogen-bond acceptors (Lipinski definition) is 3. The van der Waals surface area contributed by atoms with E-state index in [1.54, 1.807) is 12.1 Å². The van der Waals surface area contributed by atoms with Crippen molar-refractivity contribution in [2.45, 2.75) is 13.8 Å². The molecule has 0 heterocycles. The molecule has 0 fully saturated rings. The fraction of sp³-hybridized carbons (Fsp3) is 0.385. The molecule has 0 aliphatic heterocycles. The predicted molar refractivity (Wildman–Crippen MR) is 68.3 cm³/mol. The lowest BCUT2D eigenvalue weighted by Crippen LogP contribution is -2.38. The van der Waals surface area contributed by atoms with Gasteiger partial charge in [0.1, 0.15) is 0 Å². The van der Waals surface area contributed by atoms with Gasteiger partial charge in [0.05, 0.1) is 13.2 Å². The highest BCUT2D eigenvalue weighted by Crippen LogP contribution is 2.09. The van der Waals surface area contributed by atoms with Crippen molar-refractivity contribution in [1.82, 2.24) is 10.6 Å². The minimum absolute atomic E-state index is 0.0915. The minimum atomic E-state index is -0.318. The van der Waals surface area contributed by atoms with Gasteiger partial charge < -0.3 is 15.7 Å². The van der Waals surface area contributed by atoms with Crippen molar-refractivity contribution in [2.24, 2.45) is 0 Å². The fourth-order valence-electron chi connectivity index (χ4n) is 1.40. The second-order valence-corrected chi connectivity index (χ2v) is 4.06. The second-order valence-electron chi connectivity index (χ2n) is 4.06. The summed E-state index contributed by atoms with van der Waals surface area (Å²) in [4.78, 5) is 23.0. The highest BCUT2D eigenvalue weighted by molar-refractivity contribution is 5.96. The Morgan fingerprint density at radius 3 is 2.50 bits per heavy atom. The summed E-state index contributed by atoms with van der Waals surface area (Å²) < 4.78 is 0. The third-order valence-electron chi connectivity index (χ3n) is 2.61. The summed E-state index contributed by atoms with van der Waals surface area (Å²) in [6.45, 7) is 3.89. The molecule has 98 valence electrons. The first kappa shape index (κ1) is 14.2. The maximum atomic E-state index is 11.7. The molecular weight excluding hydrogens is 232 g/mol. The van der Waals surface area contributed by atoms with E-state index in [2.05, 4.69) is 10.6 Å². The third kappa shape index (κ3) is 4.18. The van der Waals surface area contributed by atoms with Crippen LogP contribution in [0.25, 0.3) is 0 Å². The van der Waals surface area contributed by atoms with Crippen LogP contribution in [-0.2, 0) is 4.79 Å². The van der Waals surface area contributed by atoms with Gasteiger partial charge in [-0.2, -0.15) is 0 Å². The van der Waals surface area contributed by atoms with Crippen LogP contribution in [0.2, 0.25) is 0 Å². The van der Waals surface area contributed by atoms with Crippen molar-refractivity contribution >= 4 is 11.8 Å². The number of nitrogens with one attached hydrogen (secondary N) is 2. The highest BCUT2D eigenvalue weighted by atomic mass is 16.3. The van der Waals surface area contributed by atoms with Gasteiger partial charge >= 0.3 is 0 Å². The van der Waals surface area contributed by atoms with Gasteiger partial charge in [-0.3, -0.25) is 9.59 Å². The normalized spacial score (nSPS) is 9.94. The van der Waals surface area contributed by atoms with E-state index in [9.17, 15) is 9.59 Å². The average Bonchev–Trinajstić information content (AvgIpc) is 2.36. The Hall–Kier alpha value is -1.88. The van der Waals surface area contributed by atoms with Crippen molar-refractivity contribution < 1.29 is 14.7 Å². The van der Waals surface area contributed by atoms with Gasteiger partial charge in [0.15, 0.2) is 0 Å². The zero-order valence-corrected chi connectivity index (χ0v) is 10.6. The summed E-state index contributed by atoms with van der Waals surface area (Å²) in [6.07, 6.45) is 0. The second kappa shape index (κ2) is 6.76. The molecule has 1 aromatic carbocycles. The standard InChI is InChI=1S/C13H18N2O3/c1-9-3-4-11(7-10(9)2)13(18)15-8-12(17)14-5-6-16/h3-4,7,16H,5-6,8H2,1-2H3,(H,14,17)(H,15,18). The molecule has 1 rings (SSSR count). The number of hydrogen-bond donors (Lipinski definition) is 3. The molecule has 0 spiro atoms. The SMILES string of the molecule is Cc1ccc(C(=O)NCC(=O)NCCO)cc1C. The van der Waals surface area contributed by atoms with Crippen molar-refractivity contribution in [3.8, 4) is 0 Å². The molecule has 5 heteroatoms. The molecule has 0 aromatic heterocycles. The molecule has 0 saturated heterocycles. The molecule has 1 aromatic rings. The van der Waals surface area contributed by atoms with Gasteiger partial charge in [-0.15, -0.1) is 0 Å². The molecular formula is C13H18N2O3. The lowest BCUT2D eigenvalue weighted by atomic mass is 10.1. The summed E-state index contributed by atoms with van der Waals surface area (Å²) in [5, 5.41) is 13.5. The zero-order valence-electron chi connectivity index (χ0n) is 10.6.